The van der Waals surface area contributed by atoms with Gasteiger partial charge in [-0.25, -0.2) is 13.4 Å². The minimum atomic E-state index is -3.14. The van der Waals surface area contributed by atoms with Crippen LogP contribution >= 0.6 is 0 Å². The summed E-state index contributed by atoms with van der Waals surface area (Å²) >= 11 is 0. The van der Waals surface area contributed by atoms with Gasteiger partial charge in [-0.15, -0.1) is 0 Å². The molecule has 0 saturated heterocycles. The fraction of sp³-hybridized carbons (Fsp3) is 0.417. The van der Waals surface area contributed by atoms with Crippen LogP contribution < -0.4 is 5.73 Å². The smallest absolute Gasteiger partial charge is 0.210 e. The molecule has 0 radical (unpaired) electrons. The quantitative estimate of drug-likeness (QED) is 0.839. The largest absolute Gasteiger partial charge is 0.440 e. The van der Waals surface area contributed by atoms with Crippen LogP contribution in [0.1, 0.15) is 25.7 Å². The fourth-order valence-corrected chi connectivity index (χ4v) is 3.05. The highest BCUT2D eigenvalue weighted by molar-refractivity contribution is 7.90. The van der Waals surface area contributed by atoms with Gasteiger partial charge in [0.15, 0.2) is 15.4 Å². The van der Waals surface area contributed by atoms with Crippen LogP contribution in [0.2, 0.25) is 0 Å². The highest BCUT2D eigenvalue weighted by Crippen LogP contribution is 2.19. The monoisotopic (exact) mass is 268 g/mol. The molecule has 1 heterocycles. The van der Waals surface area contributed by atoms with Crippen LogP contribution in [0.15, 0.2) is 22.6 Å². The highest BCUT2D eigenvalue weighted by atomic mass is 32.2. The van der Waals surface area contributed by atoms with E-state index in [1.807, 2.05) is 6.92 Å². The van der Waals surface area contributed by atoms with E-state index in [1.165, 1.54) is 0 Å². The van der Waals surface area contributed by atoms with Crippen LogP contribution in [0.25, 0.3) is 11.1 Å². The molecule has 1 aromatic carbocycles. The lowest BCUT2D eigenvalue weighted by atomic mass is 10.3. The summed E-state index contributed by atoms with van der Waals surface area (Å²) in [5.74, 6) is 0.248. The molecule has 0 aliphatic heterocycles. The Morgan fingerprint density at radius 2 is 2.17 bits per heavy atom. The van der Waals surface area contributed by atoms with E-state index in [0.29, 0.717) is 23.2 Å². The van der Waals surface area contributed by atoms with Crippen molar-refractivity contribution in [1.29, 1.82) is 0 Å². The summed E-state index contributed by atoms with van der Waals surface area (Å²) in [5.41, 5.74) is 7.34. The van der Waals surface area contributed by atoms with Gasteiger partial charge in [0.1, 0.15) is 11.3 Å². The molecule has 0 aliphatic rings. The van der Waals surface area contributed by atoms with Crippen LogP contribution in [0.5, 0.6) is 0 Å². The number of rotatable bonds is 5. The Balaban J connectivity index is 2.22. The zero-order valence-electron chi connectivity index (χ0n) is 10.2. The maximum Gasteiger partial charge on any atom is 0.210 e. The molecule has 2 rings (SSSR count). The fourth-order valence-electron chi connectivity index (χ4n) is 1.68. The minimum absolute atomic E-state index is 0.151. The summed E-state index contributed by atoms with van der Waals surface area (Å²) in [6.45, 7) is 1.96. The standard InChI is InChI=1S/C12H16N2O3S/c1-2-3-6-18(15,16)8-12-14-10-5-4-9(13)7-11(10)17-12/h4-5,7H,2-3,6,8,13H2,1H3. The number of oxazole rings is 1. The molecule has 0 unspecified atom stereocenters. The molecular weight excluding hydrogens is 252 g/mol. The predicted octanol–water partition coefficient (Wildman–Crippen LogP) is 2.12. The SMILES string of the molecule is CCCCS(=O)(=O)Cc1nc2ccc(N)cc2o1. The van der Waals surface area contributed by atoms with Gasteiger partial charge >= 0.3 is 0 Å². The topological polar surface area (TPSA) is 86.2 Å². The van der Waals surface area contributed by atoms with Crippen molar-refractivity contribution in [3.05, 3.63) is 24.1 Å². The number of nitrogen functional groups attached to an aromatic ring is 1. The molecule has 18 heavy (non-hydrogen) atoms. The first kappa shape index (κ1) is 12.9. The van der Waals surface area contributed by atoms with Gasteiger partial charge in [-0.05, 0) is 18.6 Å². The van der Waals surface area contributed by atoms with Crippen molar-refractivity contribution >= 4 is 26.6 Å². The summed E-state index contributed by atoms with van der Waals surface area (Å²) in [4.78, 5) is 4.15. The lowest BCUT2D eigenvalue weighted by Gasteiger charge is -1.99. The zero-order valence-corrected chi connectivity index (χ0v) is 11.0. The van der Waals surface area contributed by atoms with E-state index in [0.717, 1.165) is 6.42 Å². The Morgan fingerprint density at radius 3 is 2.89 bits per heavy atom. The van der Waals surface area contributed by atoms with Crippen LogP contribution in [0, 0.1) is 0 Å². The van der Waals surface area contributed by atoms with Crippen molar-refractivity contribution in [3.63, 3.8) is 0 Å². The lowest BCUT2D eigenvalue weighted by molar-refractivity contribution is 0.539. The van der Waals surface area contributed by atoms with Crippen molar-refractivity contribution in [2.45, 2.75) is 25.5 Å². The van der Waals surface area contributed by atoms with Crippen LogP contribution in [-0.2, 0) is 15.6 Å². The first-order valence-electron chi connectivity index (χ1n) is 5.85. The molecule has 0 bridgehead atoms. The third-order valence-electron chi connectivity index (χ3n) is 2.61. The molecule has 2 N–H and O–H groups in total. The molecule has 5 nitrogen and oxygen atoms in total. The number of fused-ring (bicyclic) bond motifs is 1. The molecule has 0 atom stereocenters. The van der Waals surface area contributed by atoms with E-state index in [1.54, 1.807) is 18.2 Å². The maximum absolute atomic E-state index is 11.8. The first-order chi connectivity index (χ1) is 8.50. The average Bonchev–Trinajstić information content (AvgIpc) is 2.66. The van der Waals surface area contributed by atoms with E-state index < -0.39 is 9.84 Å². The highest BCUT2D eigenvalue weighted by Gasteiger charge is 2.16. The Hall–Kier alpha value is -1.56. The predicted molar refractivity (Wildman–Crippen MR) is 70.8 cm³/mol. The summed E-state index contributed by atoms with van der Waals surface area (Å²) in [5, 5.41) is 0. The van der Waals surface area contributed by atoms with Gasteiger partial charge < -0.3 is 10.2 Å². The second-order valence-electron chi connectivity index (χ2n) is 4.28. The molecule has 2 aromatic rings. The summed E-state index contributed by atoms with van der Waals surface area (Å²) in [6.07, 6.45) is 1.51. The molecule has 98 valence electrons. The summed E-state index contributed by atoms with van der Waals surface area (Å²) in [6, 6.07) is 5.07. The normalized spacial score (nSPS) is 12.1. The second kappa shape index (κ2) is 4.97. The number of sulfone groups is 1. The molecular formula is C12H16N2O3S. The van der Waals surface area contributed by atoms with Crippen LogP contribution in [-0.4, -0.2) is 19.2 Å². The maximum atomic E-state index is 11.8. The van der Waals surface area contributed by atoms with Crippen LogP contribution in [0.4, 0.5) is 5.69 Å². The molecule has 6 heteroatoms. The molecule has 0 spiro atoms. The van der Waals surface area contributed by atoms with Crippen molar-refractivity contribution < 1.29 is 12.8 Å². The lowest BCUT2D eigenvalue weighted by Crippen LogP contribution is -2.09. The van der Waals surface area contributed by atoms with Crippen LogP contribution in [0.3, 0.4) is 0 Å². The number of anilines is 1. The number of unbranched alkanes of at least 4 members (excludes halogenated alkanes) is 1. The Bertz CT molecular complexity index is 646. The van der Waals surface area contributed by atoms with E-state index >= 15 is 0 Å². The number of hydrogen-bond donors (Lipinski definition) is 1. The average molecular weight is 268 g/mol. The minimum Gasteiger partial charge on any atom is -0.440 e. The number of benzene rings is 1. The third kappa shape index (κ3) is 3.01. The molecule has 1 aromatic heterocycles. The number of nitrogens with zero attached hydrogens (tertiary/aromatic N) is 1. The number of hydrogen-bond acceptors (Lipinski definition) is 5. The zero-order chi connectivity index (χ0) is 13.2. The molecule has 0 amide bonds. The molecule has 0 aliphatic carbocycles. The first-order valence-corrected chi connectivity index (χ1v) is 7.67. The van der Waals surface area contributed by atoms with Crippen molar-refractivity contribution in [1.82, 2.24) is 4.98 Å². The van der Waals surface area contributed by atoms with Gasteiger partial charge in [-0.1, -0.05) is 13.3 Å². The van der Waals surface area contributed by atoms with E-state index in [4.69, 9.17) is 10.2 Å². The summed E-state index contributed by atoms with van der Waals surface area (Å²) < 4.78 is 29.0. The number of nitrogens with two attached hydrogens (primary N) is 1. The van der Waals surface area contributed by atoms with Crippen molar-refractivity contribution in [2.75, 3.05) is 11.5 Å². The number of aromatic nitrogens is 1. The van der Waals surface area contributed by atoms with E-state index in [9.17, 15) is 8.42 Å². The molecule has 0 fully saturated rings. The van der Waals surface area contributed by atoms with Gasteiger partial charge in [0, 0.05) is 11.8 Å². The van der Waals surface area contributed by atoms with Gasteiger partial charge in [0.25, 0.3) is 0 Å². The van der Waals surface area contributed by atoms with Crippen molar-refractivity contribution in [2.24, 2.45) is 0 Å². The van der Waals surface area contributed by atoms with Crippen molar-refractivity contribution in [3.8, 4) is 0 Å². The third-order valence-corrected chi connectivity index (χ3v) is 4.21. The van der Waals surface area contributed by atoms with Gasteiger partial charge in [0.2, 0.25) is 5.89 Å². The van der Waals surface area contributed by atoms with Gasteiger partial charge in [-0.3, -0.25) is 0 Å². The van der Waals surface area contributed by atoms with E-state index in [2.05, 4.69) is 4.98 Å². The Labute approximate surface area is 106 Å². The van der Waals surface area contributed by atoms with Gasteiger partial charge in [-0.2, -0.15) is 0 Å². The Morgan fingerprint density at radius 1 is 1.39 bits per heavy atom. The Kier molecular flexibility index (Phi) is 3.56. The van der Waals surface area contributed by atoms with Gasteiger partial charge in [0.05, 0.1) is 5.75 Å². The summed E-state index contributed by atoms with van der Waals surface area (Å²) in [7, 11) is -3.14. The second-order valence-corrected chi connectivity index (χ2v) is 6.46. The van der Waals surface area contributed by atoms with E-state index in [-0.39, 0.29) is 17.4 Å². The molecule has 0 saturated carbocycles.